The number of furan rings is 1. The van der Waals surface area contributed by atoms with Gasteiger partial charge in [0, 0.05) is 6.07 Å². The number of rotatable bonds is 5. The zero-order valence-electron chi connectivity index (χ0n) is 11.9. The smallest absolute Gasteiger partial charge is 0.259 e. The Labute approximate surface area is 121 Å². The Morgan fingerprint density at radius 1 is 1.43 bits per heavy atom. The molecular weight excluding hydrogens is 275 g/mol. The third kappa shape index (κ3) is 3.82. The summed E-state index contributed by atoms with van der Waals surface area (Å²) in [6.45, 7) is 3.89. The van der Waals surface area contributed by atoms with Crippen LogP contribution in [0.1, 0.15) is 30.0 Å². The molecule has 0 bridgehead atoms. The molecule has 0 aliphatic rings. The summed E-state index contributed by atoms with van der Waals surface area (Å²) in [6.07, 6.45) is 1.21. The van der Waals surface area contributed by atoms with E-state index in [1.807, 2.05) is 13.8 Å². The van der Waals surface area contributed by atoms with Gasteiger partial charge in [-0.25, -0.2) is 4.39 Å². The number of anilines is 1. The van der Waals surface area contributed by atoms with Gasteiger partial charge in [-0.2, -0.15) is 0 Å². The number of carbonyl (C=O) groups excluding carboxylic acids is 1. The van der Waals surface area contributed by atoms with Gasteiger partial charge in [0.15, 0.2) is 0 Å². The van der Waals surface area contributed by atoms with Crippen molar-refractivity contribution in [3.63, 3.8) is 0 Å². The number of hydrogen-bond donors (Lipinski definition) is 2. The van der Waals surface area contributed by atoms with E-state index in [-0.39, 0.29) is 18.3 Å². The van der Waals surface area contributed by atoms with Crippen LogP contribution in [0.25, 0.3) is 0 Å². The first kappa shape index (κ1) is 15.1. The largest absolute Gasteiger partial charge is 0.489 e. The third-order valence-corrected chi connectivity index (χ3v) is 2.67. The summed E-state index contributed by atoms with van der Waals surface area (Å²) in [5.74, 6) is 0.0224. The van der Waals surface area contributed by atoms with E-state index in [9.17, 15) is 9.18 Å². The van der Waals surface area contributed by atoms with Gasteiger partial charge in [0.2, 0.25) is 0 Å². The summed E-state index contributed by atoms with van der Waals surface area (Å²) in [6, 6.07) is 5.50. The van der Waals surface area contributed by atoms with Crippen molar-refractivity contribution < 1.29 is 18.3 Å². The number of hydrogen-bond acceptors (Lipinski definition) is 4. The van der Waals surface area contributed by atoms with Crippen LogP contribution in [0.15, 0.2) is 34.9 Å². The lowest BCUT2D eigenvalue weighted by molar-refractivity contribution is 0.102. The number of benzene rings is 1. The highest BCUT2D eigenvalue weighted by Gasteiger charge is 2.14. The second-order valence-electron chi connectivity index (χ2n) is 4.77. The normalized spacial score (nSPS) is 10.7. The average molecular weight is 292 g/mol. The van der Waals surface area contributed by atoms with Crippen molar-refractivity contribution in [2.45, 2.75) is 26.5 Å². The predicted molar refractivity (Wildman–Crippen MR) is 76.7 cm³/mol. The molecule has 0 saturated heterocycles. The fourth-order valence-electron chi connectivity index (χ4n) is 1.76. The molecule has 0 radical (unpaired) electrons. The van der Waals surface area contributed by atoms with E-state index in [0.29, 0.717) is 17.1 Å². The molecule has 2 rings (SSSR count). The molecule has 0 aliphatic heterocycles. The minimum atomic E-state index is -0.462. The van der Waals surface area contributed by atoms with Gasteiger partial charge in [-0.15, -0.1) is 0 Å². The Morgan fingerprint density at radius 3 is 2.81 bits per heavy atom. The molecule has 5 nitrogen and oxygen atoms in total. The quantitative estimate of drug-likeness (QED) is 0.888. The standard InChI is InChI=1S/C15H17FN2O3/c1-9(2)21-14-4-3-11(16)6-13(14)18-15(19)10-5-12(7-17)20-8-10/h3-6,8-9H,7,17H2,1-2H3,(H,18,19). The Balaban J connectivity index is 2.21. The molecule has 21 heavy (non-hydrogen) atoms. The summed E-state index contributed by atoms with van der Waals surface area (Å²) < 4.78 is 24.0. The van der Waals surface area contributed by atoms with Gasteiger partial charge in [-0.3, -0.25) is 4.79 Å². The Kier molecular flexibility index (Phi) is 4.59. The average Bonchev–Trinajstić information content (AvgIpc) is 2.90. The Bertz CT molecular complexity index is 638. The fraction of sp³-hybridized carbons (Fsp3) is 0.267. The maximum Gasteiger partial charge on any atom is 0.259 e. The van der Waals surface area contributed by atoms with E-state index in [1.54, 1.807) is 0 Å². The van der Waals surface area contributed by atoms with Gasteiger partial charge in [-0.1, -0.05) is 0 Å². The van der Waals surface area contributed by atoms with E-state index in [2.05, 4.69) is 5.32 Å². The highest BCUT2D eigenvalue weighted by molar-refractivity contribution is 6.04. The van der Waals surface area contributed by atoms with Crippen LogP contribution >= 0.6 is 0 Å². The fourth-order valence-corrected chi connectivity index (χ4v) is 1.76. The van der Waals surface area contributed by atoms with Gasteiger partial charge < -0.3 is 20.2 Å². The monoisotopic (exact) mass is 292 g/mol. The van der Waals surface area contributed by atoms with E-state index in [4.69, 9.17) is 14.9 Å². The Morgan fingerprint density at radius 2 is 2.19 bits per heavy atom. The summed E-state index contributed by atoms with van der Waals surface area (Å²) in [5, 5.41) is 2.61. The van der Waals surface area contributed by atoms with Crippen molar-refractivity contribution in [1.82, 2.24) is 0 Å². The topological polar surface area (TPSA) is 77.5 Å². The lowest BCUT2D eigenvalue weighted by atomic mass is 10.2. The van der Waals surface area contributed by atoms with E-state index in [1.165, 1.54) is 30.5 Å². The van der Waals surface area contributed by atoms with Crippen LogP contribution < -0.4 is 15.8 Å². The number of nitrogens with two attached hydrogens (primary N) is 1. The van der Waals surface area contributed by atoms with Crippen LogP contribution in [0.4, 0.5) is 10.1 Å². The molecule has 1 aromatic heterocycles. The first-order valence-corrected chi connectivity index (χ1v) is 6.54. The number of amides is 1. The molecule has 0 unspecified atom stereocenters. The first-order chi connectivity index (χ1) is 9.99. The minimum Gasteiger partial charge on any atom is -0.489 e. The number of halogens is 1. The van der Waals surface area contributed by atoms with Crippen molar-refractivity contribution in [2.75, 3.05) is 5.32 Å². The maximum absolute atomic E-state index is 13.4. The van der Waals surface area contributed by atoms with E-state index in [0.717, 1.165) is 0 Å². The molecule has 2 aromatic rings. The second kappa shape index (κ2) is 6.41. The zero-order chi connectivity index (χ0) is 15.4. The van der Waals surface area contributed by atoms with Crippen molar-refractivity contribution in [3.8, 4) is 5.75 Å². The molecule has 1 heterocycles. The lowest BCUT2D eigenvalue weighted by Crippen LogP contribution is -2.14. The summed E-state index contributed by atoms with van der Waals surface area (Å²) in [5.41, 5.74) is 6.00. The maximum atomic E-state index is 13.4. The van der Waals surface area contributed by atoms with Crippen molar-refractivity contribution >= 4 is 11.6 Å². The molecule has 1 amide bonds. The van der Waals surface area contributed by atoms with Gasteiger partial charge in [0.25, 0.3) is 5.91 Å². The molecule has 0 fully saturated rings. The molecular formula is C15H17FN2O3. The van der Waals surface area contributed by atoms with Gasteiger partial charge in [0.1, 0.15) is 23.6 Å². The third-order valence-electron chi connectivity index (χ3n) is 2.67. The van der Waals surface area contributed by atoms with E-state index >= 15 is 0 Å². The summed E-state index contributed by atoms with van der Waals surface area (Å²) in [7, 11) is 0. The number of carbonyl (C=O) groups is 1. The van der Waals surface area contributed by atoms with Crippen molar-refractivity contribution in [2.24, 2.45) is 5.73 Å². The van der Waals surface area contributed by atoms with Gasteiger partial charge >= 0.3 is 0 Å². The molecule has 1 aromatic carbocycles. The van der Waals surface area contributed by atoms with Crippen LogP contribution in [-0.2, 0) is 6.54 Å². The molecule has 0 saturated carbocycles. The molecule has 0 atom stereocenters. The highest BCUT2D eigenvalue weighted by Crippen LogP contribution is 2.27. The van der Waals surface area contributed by atoms with E-state index < -0.39 is 11.7 Å². The Hall–Kier alpha value is -2.34. The molecule has 3 N–H and O–H groups in total. The second-order valence-corrected chi connectivity index (χ2v) is 4.77. The zero-order valence-corrected chi connectivity index (χ0v) is 11.9. The van der Waals surface area contributed by atoms with Crippen LogP contribution in [0, 0.1) is 5.82 Å². The summed E-state index contributed by atoms with van der Waals surface area (Å²) in [4.78, 5) is 12.1. The van der Waals surface area contributed by atoms with Gasteiger partial charge in [-0.05, 0) is 32.0 Å². The lowest BCUT2D eigenvalue weighted by Gasteiger charge is -2.14. The first-order valence-electron chi connectivity index (χ1n) is 6.54. The number of ether oxygens (including phenoxy) is 1. The van der Waals surface area contributed by atoms with Gasteiger partial charge in [0.05, 0.1) is 23.9 Å². The highest BCUT2D eigenvalue weighted by atomic mass is 19.1. The van der Waals surface area contributed by atoms with Crippen molar-refractivity contribution in [1.29, 1.82) is 0 Å². The molecule has 6 heteroatoms. The molecule has 0 spiro atoms. The van der Waals surface area contributed by atoms with Crippen LogP contribution in [-0.4, -0.2) is 12.0 Å². The minimum absolute atomic E-state index is 0.0936. The predicted octanol–water partition coefficient (Wildman–Crippen LogP) is 2.92. The van der Waals surface area contributed by atoms with Crippen LogP contribution in [0.2, 0.25) is 0 Å². The van der Waals surface area contributed by atoms with Crippen molar-refractivity contribution in [3.05, 3.63) is 47.7 Å². The van der Waals surface area contributed by atoms with Crippen LogP contribution in [0.5, 0.6) is 5.75 Å². The number of nitrogens with one attached hydrogen (secondary N) is 1. The molecule has 0 aliphatic carbocycles. The SMILES string of the molecule is CC(C)Oc1ccc(F)cc1NC(=O)c1coc(CN)c1. The van der Waals surface area contributed by atoms with Crippen LogP contribution in [0.3, 0.4) is 0 Å². The summed E-state index contributed by atoms with van der Waals surface area (Å²) >= 11 is 0. The molecule has 112 valence electrons.